The molecule has 0 radical (unpaired) electrons. The van der Waals surface area contributed by atoms with Crippen LogP contribution in [0.4, 0.5) is 5.82 Å². The van der Waals surface area contributed by atoms with Gasteiger partial charge in [0, 0.05) is 29.0 Å². The summed E-state index contributed by atoms with van der Waals surface area (Å²) in [5.74, 6) is 0.780. The number of anilines is 1. The van der Waals surface area contributed by atoms with Gasteiger partial charge in [0.2, 0.25) is 0 Å². The minimum Gasteiger partial charge on any atom is -0.294 e. The van der Waals surface area contributed by atoms with Crippen molar-refractivity contribution in [2.75, 3.05) is 12.0 Å². The molecule has 4 aromatic rings. The smallest absolute Gasteiger partial charge is 0.158 e. The Bertz CT molecular complexity index is 1190. The maximum absolute atomic E-state index is 4.52. The largest absolute Gasteiger partial charge is 0.294 e. The molecule has 1 N–H and O–H groups in total. The molecule has 1 aliphatic rings. The van der Waals surface area contributed by atoms with Crippen LogP contribution < -0.4 is 5.43 Å². The summed E-state index contributed by atoms with van der Waals surface area (Å²) < 4.78 is 1.05. The molecule has 7 heteroatoms. The van der Waals surface area contributed by atoms with Crippen LogP contribution in [0.2, 0.25) is 0 Å². The van der Waals surface area contributed by atoms with Crippen molar-refractivity contribution in [3.63, 3.8) is 0 Å². The first-order valence-corrected chi connectivity index (χ1v) is 11.4. The van der Waals surface area contributed by atoms with Gasteiger partial charge in [-0.2, -0.15) is 5.10 Å². The summed E-state index contributed by atoms with van der Waals surface area (Å²) in [6, 6.07) is 18.7. The fourth-order valence-corrected chi connectivity index (χ4v) is 5.25. The van der Waals surface area contributed by atoms with Gasteiger partial charge < -0.3 is 0 Å². The van der Waals surface area contributed by atoms with Gasteiger partial charge in [-0.1, -0.05) is 58.4 Å². The molecule has 5 rings (SSSR count). The average molecular weight is 478 g/mol. The molecule has 150 valence electrons. The van der Waals surface area contributed by atoms with Crippen molar-refractivity contribution >= 4 is 49.5 Å². The monoisotopic (exact) mass is 477 g/mol. The van der Waals surface area contributed by atoms with Crippen molar-refractivity contribution in [3.8, 4) is 0 Å². The van der Waals surface area contributed by atoms with Crippen LogP contribution in [0.15, 0.2) is 70.5 Å². The number of hydrogen-bond donors (Lipinski definition) is 1. The Hall–Kier alpha value is -2.61. The van der Waals surface area contributed by atoms with Crippen LogP contribution >= 0.6 is 27.3 Å². The van der Waals surface area contributed by atoms with Crippen LogP contribution in [0.1, 0.15) is 21.6 Å². The van der Waals surface area contributed by atoms with Crippen LogP contribution in [0.5, 0.6) is 0 Å². The number of fused-ring (bicyclic) bond motifs is 3. The van der Waals surface area contributed by atoms with Gasteiger partial charge in [0.25, 0.3) is 0 Å². The lowest BCUT2D eigenvalue weighted by atomic mass is 10.0. The summed E-state index contributed by atoms with van der Waals surface area (Å²) in [5, 5.41) is 5.52. The van der Waals surface area contributed by atoms with E-state index >= 15 is 0 Å². The molecule has 0 bridgehead atoms. The molecular formula is C23H20BrN5S. The minimum atomic E-state index is 0.780. The van der Waals surface area contributed by atoms with E-state index in [4.69, 9.17) is 0 Å². The van der Waals surface area contributed by atoms with Gasteiger partial charge in [-0.15, -0.1) is 11.3 Å². The number of rotatable bonds is 5. The van der Waals surface area contributed by atoms with E-state index in [9.17, 15) is 0 Å². The minimum absolute atomic E-state index is 0.780. The highest BCUT2D eigenvalue weighted by Gasteiger charge is 2.23. The molecule has 0 saturated carbocycles. The maximum Gasteiger partial charge on any atom is 0.158 e. The van der Waals surface area contributed by atoms with Gasteiger partial charge in [-0.3, -0.25) is 10.3 Å². The highest BCUT2D eigenvalue weighted by atomic mass is 79.9. The fourth-order valence-electron chi connectivity index (χ4n) is 3.76. The number of aromatic nitrogens is 2. The van der Waals surface area contributed by atoms with Crippen LogP contribution in [0, 0.1) is 0 Å². The molecule has 0 atom stereocenters. The standard InChI is InChI=1S/C23H20BrN5S/c24-18-8-6-16(7-9-18)12-27-28-22-21-19-10-11-29(13-17-4-2-1-3-5-17)14-20(19)30-23(21)26-15-25-22/h1-9,12,15H,10-11,13-14H2,(H,25,26,28)/b27-12+. The maximum atomic E-state index is 4.52. The summed E-state index contributed by atoms with van der Waals surface area (Å²) in [4.78, 5) is 13.9. The highest BCUT2D eigenvalue weighted by Crippen LogP contribution is 2.37. The van der Waals surface area contributed by atoms with E-state index < -0.39 is 0 Å². The summed E-state index contributed by atoms with van der Waals surface area (Å²) in [7, 11) is 0. The van der Waals surface area contributed by atoms with Gasteiger partial charge in [-0.05, 0) is 35.2 Å². The van der Waals surface area contributed by atoms with Gasteiger partial charge in [-0.25, -0.2) is 9.97 Å². The Kier molecular flexibility index (Phi) is 5.57. The zero-order valence-electron chi connectivity index (χ0n) is 16.3. The molecule has 2 aromatic carbocycles. The summed E-state index contributed by atoms with van der Waals surface area (Å²) in [5.41, 5.74) is 6.88. The summed E-state index contributed by atoms with van der Waals surface area (Å²) in [6.45, 7) is 2.96. The topological polar surface area (TPSA) is 53.4 Å². The van der Waals surface area contributed by atoms with E-state index in [-0.39, 0.29) is 0 Å². The summed E-state index contributed by atoms with van der Waals surface area (Å²) in [6.07, 6.45) is 4.42. The van der Waals surface area contributed by atoms with Gasteiger partial charge in [0.05, 0.1) is 11.6 Å². The zero-order valence-corrected chi connectivity index (χ0v) is 18.7. The fraction of sp³-hybridized carbons (Fsp3) is 0.174. The quantitative estimate of drug-likeness (QED) is 0.306. The van der Waals surface area contributed by atoms with Crippen LogP contribution in [0.25, 0.3) is 10.2 Å². The van der Waals surface area contributed by atoms with Crippen molar-refractivity contribution < 1.29 is 0 Å². The van der Waals surface area contributed by atoms with Crippen molar-refractivity contribution in [2.24, 2.45) is 5.10 Å². The Morgan fingerprint density at radius 1 is 1.10 bits per heavy atom. The molecule has 5 nitrogen and oxygen atoms in total. The number of halogens is 1. The van der Waals surface area contributed by atoms with Gasteiger partial charge >= 0.3 is 0 Å². The number of hydrazone groups is 1. The normalized spacial score (nSPS) is 14.3. The van der Waals surface area contributed by atoms with Crippen LogP contribution in [0.3, 0.4) is 0 Å². The van der Waals surface area contributed by atoms with Crippen molar-refractivity contribution in [3.05, 3.63) is 87.0 Å². The zero-order chi connectivity index (χ0) is 20.3. The molecule has 0 aliphatic carbocycles. The molecule has 0 saturated heterocycles. The van der Waals surface area contributed by atoms with E-state index in [1.54, 1.807) is 23.9 Å². The molecule has 1 aliphatic heterocycles. The molecule has 30 heavy (non-hydrogen) atoms. The van der Waals surface area contributed by atoms with Gasteiger partial charge in [0.15, 0.2) is 5.82 Å². The molecule has 0 amide bonds. The Labute approximate surface area is 187 Å². The second-order valence-electron chi connectivity index (χ2n) is 7.27. The molecular weight excluding hydrogens is 458 g/mol. The molecule has 3 heterocycles. The Morgan fingerprint density at radius 3 is 2.77 bits per heavy atom. The first-order chi connectivity index (χ1) is 14.8. The van der Waals surface area contributed by atoms with Crippen molar-refractivity contribution in [2.45, 2.75) is 19.5 Å². The lowest BCUT2D eigenvalue weighted by Crippen LogP contribution is -2.29. The number of nitrogens with zero attached hydrogens (tertiary/aromatic N) is 4. The van der Waals surface area contributed by atoms with E-state index in [1.165, 1.54) is 16.0 Å². The van der Waals surface area contributed by atoms with Crippen molar-refractivity contribution in [1.29, 1.82) is 0 Å². The number of hydrogen-bond acceptors (Lipinski definition) is 6. The van der Waals surface area contributed by atoms with E-state index in [1.807, 2.05) is 24.3 Å². The third-order valence-electron chi connectivity index (χ3n) is 5.22. The highest BCUT2D eigenvalue weighted by molar-refractivity contribution is 9.10. The number of nitrogens with one attached hydrogen (secondary N) is 1. The number of thiophene rings is 1. The van der Waals surface area contributed by atoms with Crippen LogP contribution in [-0.4, -0.2) is 27.6 Å². The third kappa shape index (κ3) is 4.14. The lowest BCUT2D eigenvalue weighted by Gasteiger charge is -2.26. The predicted molar refractivity (Wildman–Crippen MR) is 127 cm³/mol. The number of benzene rings is 2. The van der Waals surface area contributed by atoms with Crippen molar-refractivity contribution in [1.82, 2.24) is 14.9 Å². The molecule has 2 aromatic heterocycles. The molecule has 0 spiro atoms. The Morgan fingerprint density at radius 2 is 1.93 bits per heavy atom. The van der Waals surface area contributed by atoms with Crippen LogP contribution in [-0.2, 0) is 19.5 Å². The van der Waals surface area contributed by atoms with E-state index in [2.05, 4.69) is 71.7 Å². The first kappa shape index (κ1) is 19.4. The molecule has 0 fully saturated rings. The third-order valence-corrected chi connectivity index (χ3v) is 6.87. The first-order valence-electron chi connectivity index (χ1n) is 9.82. The average Bonchev–Trinajstić information content (AvgIpc) is 3.14. The lowest BCUT2D eigenvalue weighted by molar-refractivity contribution is 0.249. The predicted octanol–water partition coefficient (Wildman–Crippen LogP) is 5.46. The molecule has 0 unspecified atom stereocenters. The summed E-state index contributed by atoms with van der Waals surface area (Å²) >= 11 is 5.22. The Balaban J connectivity index is 1.36. The second kappa shape index (κ2) is 8.63. The van der Waals surface area contributed by atoms with Gasteiger partial charge in [0.1, 0.15) is 11.2 Å². The van der Waals surface area contributed by atoms with E-state index in [0.717, 1.165) is 52.1 Å². The SMILES string of the molecule is Brc1ccc(/C=N/Nc2ncnc3sc4c(c23)CCN(Cc2ccccc2)C4)cc1. The second-order valence-corrected chi connectivity index (χ2v) is 9.27. The van der Waals surface area contributed by atoms with E-state index in [0.29, 0.717) is 0 Å².